The summed E-state index contributed by atoms with van der Waals surface area (Å²) in [7, 11) is 0. The molecular weight excluding hydrogens is 130 g/mol. The summed E-state index contributed by atoms with van der Waals surface area (Å²) in [6.45, 7) is 5.96. The summed E-state index contributed by atoms with van der Waals surface area (Å²) in [5, 5.41) is 0. The number of thiocarbonyl (C=S) groups is 1. The molecule has 0 aliphatic carbocycles. The number of hydrogen-bond donors (Lipinski definition) is 1. The topological polar surface area (TPSA) is 26.0 Å². The fourth-order valence-electron chi connectivity index (χ4n) is 0.391. The van der Waals surface area contributed by atoms with Crippen molar-refractivity contribution in [3.8, 4) is 0 Å². The first-order chi connectivity index (χ1) is 4.04. The molecule has 0 saturated carbocycles. The van der Waals surface area contributed by atoms with E-state index < -0.39 is 0 Å². The van der Waals surface area contributed by atoms with Crippen molar-refractivity contribution >= 4 is 17.1 Å². The molecule has 0 aromatic carbocycles. The summed E-state index contributed by atoms with van der Waals surface area (Å²) in [6.07, 6.45) is 1.83. The molecule has 0 fully saturated rings. The second-order valence-electron chi connectivity index (χ2n) is 2.45. The van der Waals surface area contributed by atoms with Crippen LogP contribution < -0.4 is 5.73 Å². The van der Waals surface area contributed by atoms with Gasteiger partial charge < -0.3 is 5.73 Å². The first-order valence-corrected chi connectivity index (χ1v) is 3.42. The second kappa shape index (κ2) is 3.62. The summed E-state index contributed by atoms with van der Waals surface area (Å²) < 4.78 is 0. The highest BCUT2D eigenvalue weighted by atomic mass is 32.1. The number of rotatable bonds is 2. The van der Waals surface area contributed by atoms with Crippen molar-refractivity contribution in [2.24, 2.45) is 11.7 Å². The molecule has 2 N–H and O–H groups in total. The zero-order valence-electron chi connectivity index (χ0n) is 6.14. The molecule has 0 spiro atoms. The van der Waals surface area contributed by atoms with Gasteiger partial charge in [-0.1, -0.05) is 26.1 Å². The van der Waals surface area contributed by atoms with Gasteiger partial charge in [0.05, 0.1) is 0 Å². The van der Waals surface area contributed by atoms with Crippen LogP contribution in [0.1, 0.15) is 20.8 Å². The summed E-state index contributed by atoms with van der Waals surface area (Å²) in [4.78, 5) is 0.926. The number of nitrogens with two attached hydrogens (primary N) is 1. The van der Waals surface area contributed by atoms with Gasteiger partial charge in [0.25, 0.3) is 0 Å². The highest BCUT2D eigenvalue weighted by molar-refractivity contribution is 7.80. The van der Waals surface area contributed by atoms with E-state index in [1.165, 1.54) is 0 Å². The van der Waals surface area contributed by atoms with Crippen LogP contribution in [0.2, 0.25) is 0 Å². The molecule has 0 atom stereocenters. The molecule has 0 aromatic rings. The average molecular weight is 143 g/mol. The molecule has 2 heteroatoms. The monoisotopic (exact) mass is 143 g/mol. The molecule has 0 bridgehead atoms. The van der Waals surface area contributed by atoms with E-state index in [0.717, 1.165) is 10.6 Å². The van der Waals surface area contributed by atoms with Crippen LogP contribution in [0.25, 0.3) is 0 Å². The first-order valence-electron chi connectivity index (χ1n) is 3.01. The Morgan fingerprint density at radius 2 is 2.00 bits per heavy atom. The molecule has 0 aliphatic heterocycles. The van der Waals surface area contributed by atoms with Gasteiger partial charge in [0.15, 0.2) is 0 Å². The number of allylic oxidation sites excluding steroid dienone is 2. The molecule has 0 aliphatic rings. The Bertz CT molecular complexity index is 132. The molecule has 0 rings (SSSR count). The third kappa shape index (κ3) is 4.15. The lowest BCUT2D eigenvalue weighted by molar-refractivity contribution is 0.904. The SMILES string of the molecule is C/C(N)=C/C(=S)C(C)C. The van der Waals surface area contributed by atoms with E-state index in [0.29, 0.717) is 5.92 Å². The third-order valence-electron chi connectivity index (χ3n) is 0.939. The van der Waals surface area contributed by atoms with Gasteiger partial charge in [0.1, 0.15) is 0 Å². The van der Waals surface area contributed by atoms with Crippen LogP contribution >= 0.6 is 12.2 Å². The standard InChI is InChI=1S/C7H13NS/c1-5(2)7(9)4-6(3)8/h4-5H,8H2,1-3H3/b6-4-. The zero-order valence-corrected chi connectivity index (χ0v) is 6.96. The summed E-state index contributed by atoms with van der Waals surface area (Å²) in [6, 6.07) is 0. The molecule has 9 heavy (non-hydrogen) atoms. The Kier molecular flexibility index (Phi) is 3.47. The molecule has 0 unspecified atom stereocenters. The summed E-state index contributed by atoms with van der Waals surface area (Å²) in [5.74, 6) is 0.429. The van der Waals surface area contributed by atoms with Crippen LogP contribution in [0.4, 0.5) is 0 Å². The highest BCUT2D eigenvalue weighted by Crippen LogP contribution is 1.99. The summed E-state index contributed by atoms with van der Waals surface area (Å²) >= 11 is 5.00. The van der Waals surface area contributed by atoms with Crippen LogP contribution in [-0.4, -0.2) is 4.86 Å². The van der Waals surface area contributed by atoms with E-state index in [2.05, 4.69) is 13.8 Å². The van der Waals surface area contributed by atoms with Crippen LogP contribution in [0, 0.1) is 5.92 Å². The lowest BCUT2D eigenvalue weighted by Crippen LogP contribution is -2.03. The van der Waals surface area contributed by atoms with Crippen molar-refractivity contribution in [1.82, 2.24) is 0 Å². The largest absolute Gasteiger partial charge is 0.402 e. The summed E-state index contributed by atoms with van der Waals surface area (Å²) in [5.41, 5.74) is 6.19. The fourth-order valence-corrected chi connectivity index (χ4v) is 0.577. The molecule has 0 saturated heterocycles. The third-order valence-corrected chi connectivity index (χ3v) is 1.53. The Hall–Kier alpha value is -0.370. The van der Waals surface area contributed by atoms with E-state index in [4.69, 9.17) is 18.0 Å². The van der Waals surface area contributed by atoms with Crippen molar-refractivity contribution in [3.63, 3.8) is 0 Å². The minimum atomic E-state index is 0.429. The van der Waals surface area contributed by atoms with Gasteiger partial charge >= 0.3 is 0 Å². The van der Waals surface area contributed by atoms with E-state index in [1.54, 1.807) is 0 Å². The second-order valence-corrected chi connectivity index (χ2v) is 2.92. The van der Waals surface area contributed by atoms with Crippen molar-refractivity contribution in [3.05, 3.63) is 11.8 Å². The Morgan fingerprint density at radius 1 is 1.56 bits per heavy atom. The van der Waals surface area contributed by atoms with Crippen molar-refractivity contribution < 1.29 is 0 Å². The molecule has 0 amide bonds. The maximum atomic E-state index is 5.40. The van der Waals surface area contributed by atoms with Gasteiger partial charge in [-0.15, -0.1) is 0 Å². The first kappa shape index (κ1) is 8.63. The maximum absolute atomic E-state index is 5.40. The average Bonchev–Trinajstić information content (AvgIpc) is 1.63. The Balaban J connectivity index is 3.93. The molecular formula is C7H13NS. The quantitative estimate of drug-likeness (QED) is 0.472. The van der Waals surface area contributed by atoms with Gasteiger partial charge in [-0.25, -0.2) is 0 Å². The van der Waals surface area contributed by atoms with Crippen LogP contribution in [-0.2, 0) is 0 Å². The van der Waals surface area contributed by atoms with E-state index in [9.17, 15) is 0 Å². The van der Waals surface area contributed by atoms with E-state index in [-0.39, 0.29) is 0 Å². The smallest absolute Gasteiger partial charge is 0.0194 e. The minimum absolute atomic E-state index is 0.429. The van der Waals surface area contributed by atoms with E-state index >= 15 is 0 Å². The van der Waals surface area contributed by atoms with Crippen molar-refractivity contribution in [2.75, 3.05) is 0 Å². The Labute approximate surface area is 61.9 Å². The van der Waals surface area contributed by atoms with Crippen LogP contribution in [0.5, 0.6) is 0 Å². The highest BCUT2D eigenvalue weighted by Gasteiger charge is 1.96. The van der Waals surface area contributed by atoms with E-state index in [1.807, 2.05) is 13.0 Å². The minimum Gasteiger partial charge on any atom is -0.402 e. The predicted molar refractivity (Wildman–Crippen MR) is 45.4 cm³/mol. The van der Waals surface area contributed by atoms with Crippen LogP contribution in [0.3, 0.4) is 0 Å². The zero-order chi connectivity index (χ0) is 7.44. The number of hydrogen-bond acceptors (Lipinski definition) is 2. The Morgan fingerprint density at radius 3 is 2.11 bits per heavy atom. The van der Waals surface area contributed by atoms with Gasteiger partial charge in [0.2, 0.25) is 0 Å². The van der Waals surface area contributed by atoms with Crippen molar-refractivity contribution in [1.29, 1.82) is 0 Å². The van der Waals surface area contributed by atoms with Gasteiger partial charge in [0, 0.05) is 10.6 Å². The lowest BCUT2D eigenvalue weighted by atomic mass is 10.1. The van der Waals surface area contributed by atoms with Crippen LogP contribution in [0.15, 0.2) is 11.8 Å². The molecule has 52 valence electrons. The molecule has 1 nitrogen and oxygen atoms in total. The van der Waals surface area contributed by atoms with Crippen molar-refractivity contribution in [2.45, 2.75) is 20.8 Å². The van der Waals surface area contributed by atoms with Gasteiger partial charge in [-0.2, -0.15) is 0 Å². The molecule has 0 aromatic heterocycles. The predicted octanol–water partition coefficient (Wildman–Crippen LogP) is 1.87. The molecule has 0 radical (unpaired) electrons. The normalized spacial score (nSPS) is 12.2. The fraction of sp³-hybridized carbons (Fsp3) is 0.571. The van der Waals surface area contributed by atoms with Gasteiger partial charge in [-0.3, -0.25) is 0 Å². The maximum Gasteiger partial charge on any atom is 0.0194 e. The lowest BCUT2D eigenvalue weighted by Gasteiger charge is -2.00. The molecule has 0 heterocycles. The van der Waals surface area contributed by atoms with Gasteiger partial charge in [-0.05, 0) is 18.9 Å².